The van der Waals surface area contributed by atoms with Crippen molar-refractivity contribution in [2.45, 2.75) is 32.4 Å². The number of amides is 1. The van der Waals surface area contributed by atoms with Crippen molar-refractivity contribution >= 4 is 28.8 Å². The van der Waals surface area contributed by atoms with E-state index in [1.54, 1.807) is 24.3 Å². The summed E-state index contributed by atoms with van der Waals surface area (Å²) in [5.41, 5.74) is 2.90. The van der Waals surface area contributed by atoms with Gasteiger partial charge < -0.3 is 9.42 Å². The molecule has 1 amide bonds. The maximum Gasteiger partial charge on any atom is 0.260 e. The van der Waals surface area contributed by atoms with Crippen LogP contribution in [0.5, 0.6) is 0 Å². The molecule has 0 N–H and O–H groups in total. The Balaban J connectivity index is 1.72. The van der Waals surface area contributed by atoms with Gasteiger partial charge in [-0.15, -0.1) is 0 Å². The summed E-state index contributed by atoms with van der Waals surface area (Å²) < 4.78 is 5.36. The first kappa shape index (κ1) is 16.4. The lowest BCUT2D eigenvalue weighted by molar-refractivity contribution is 0.0729. The maximum absolute atomic E-state index is 13.3. The predicted octanol–water partition coefficient (Wildman–Crippen LogP) is 5.17. The molecule has 0 unspecified atom stereocenters. The smallest absolute Gasteiger partial charge is 0.260 e. The number of aryl methyl sites for hydroxylation is 1. The Labute approximate surface area is 155 Å². The van der Waals surface area contributed by atoms with E-state index in [0.717, 1.165) is 24.0 Å². The highest BCUT2D eigenvalue weighted by atomic mass is 35.5. The summed E-state index contributed by atoms with van der Waals surface area (Å²) in [5.74, 6) is 0.484. The molecule has 128 valence electrons. The lowest BCUT2D eigenvalue weighted by Gasteiger charge is -2.22. The molecule has 25 heavy (non-hydrogen) atoms. The van der Waals surface area contributed by atoms with Crippen molar-refractivity contribution in [3.63, 3.8) is 0 Å². The van der Waals surface area contributed by atoms with Gasteiger partial charge in [0, 0.05) is 18.2 Å². The number of aromatic nitrogens is 1. The fraction of sp³-hybridized carbons (Fsp3) is 0.263. The van der Waals surface area contributed by atoms with Gasteiger partial charge in [-0.2, -0.15) is 11.3 Å². The minimum absolute atomic E-state index is 0.0395. The average molecular weight is 373 g/mol. The summed E-state index contributed by atoms with van der Waals surface area (Å²) in [4.78, 5) is 15.3. The Morgan fingerprint density at radius 3 is 2.84 bits per heavy atom. The molecule has 1 saturated carbocycles. The quantitative estimate of drug-likeness (QED) is 0.620. The Morgan fingerprint density at radius 1 is 1.36 bits per heavy atom. The molecule has 0 bridgehead atoms. The second-order valence-electron chi connectivity index (χ2n) is 6.24. The summed E-state index contributed by atoms with van der Waals surface area (Å²) in [6.45, 7) is 2.38. The van der Waals surface area contributed by atoms with Crippen LogP contribution in [0.15, 0.2) is 45.6 Å². The Kier molecular flexibility index (Phi) is 4.36. The van der Waals surface area contributed by atoms with Crippen LogP contribution in [0.1, 0.15) is 34.5 Å². The average Bonchev–Trinajstić information content (AvgIpc) is 3.18. The zero-order valence-electron chi connectivity index (χ0n) is 13.7. The van der Waals surface area contributed by atoms with Gasteiger partial charge in [-0.3, -0.25) is 4.79 Å². The summed E-state index contributed by atoms with van der Waals surface area (Å²) in [6.07, 6.45) is 2.09. The first-order valence-electron chi connectivity index (χ1n) is 8.18. The predicted molar refractivity (Wildman–Crippen MR) is 98.9 cm³/mol. The van der Waals surface area contributed by atoms with Crippen LogP contribution in [0.4, 0.5) is 0 Å². The van der Waals surface area contributed by atoms with Gasteiger partial charge in [0.05, 0.1) is 5.02 Å². The summed E-state index contributed by atoms with van der Waals surface area (Å²) in [5, 5.41) is 8.79. The number of carbonyl (C=O) groups is 1. The molecular weight excluding hydrogens is 356 g/mol. The van der Waals surface area contributed by atoms with Crippen LogP contribution in [0.3, 0.4) is 0 Å². The van der Waals surface area contributed by atoms with E-state index in [0.29, 0.717) is 34.6 Å². The fourth-order valence-corrected chi connectivity index (χ4v) is 3.82. The molecule has 0 saturated heterocycles. The van der Waals surface area contributed by atoms with Crippen LogP contribution in [0.2, 0.25) is 5.02 Å². The third-order valence-electron chi connectivity index (χ3n) is 4.39. The molecule has 2 heterocycles. The van der Waals surface area contributed by atoms with Gasteiger partial charge in [0.1, 0.15) is 17.0 Å². The molecular formula is C19H17ClN2O2S. The van der Waals surface area contributed by atoms with Crippen molar-refractivity contribution in [2.24, 2.45) is 0 Å². The lowest BCUT2D eigenvalue weighted by atomic mass is 10.0. The normalized spacial score (nSPS) is 13.8. The minimum Gasteiger partial charge on any atom is -0.360 e. The summed E-state index contributed by atoms with van der Waals surface area (Å²) in [6, 6.07) is 9.73. The van der Waals surface area contributed by atoms with Gasteiger partial charge in [-0.1, -0.05) is 35.0 Å². The van der Waals surface area contributed by atoms with Crippen molar-refractivity contribution < 1.29 is 9.32 Å². The summed E-state index contributed by atoms with van der Waals surface area (Å²) in [7, 11) is 0. The van der Waals surface area contributed by atoms with Crippen LogP contribution >= 0.6 is 22.9 Å². The summed E-state index contributed by atoms with van der Waals surface area (Å²) >= 11 is 7.95. The zero-order valence-corrected chi connectivity index (χ0v) is 15.3. The number of halogens is 1. The van der Waals surface area contributed by atoms with E-state index >= 15 is 0 Å². The Bertz CT molecular complexity index is 900. The van der Waals surface area contributed by atoms with Crippen molar-refractivity contribution in [1.82, 2.24) is 10.1 Å². The molecule has 1 aromatic carbocycles. The molecule has 0 radical (unpaired) electrons. The van der Waals surface area contributed by atoms with E-state index in [1.165, 1.54) is 0 Å². The zero-order chi connectivity index (χ0) is 17.4. The van der Waals surface area contributed by atoms with Crippen LogP contribution in [-0.4, -0.2) is 22.0 Å². The van der Waals surface area contributed by atoms with Gasteiger partial charge in [0.15, 0.2) is 0 Å². The van der Waals surface area contributed by atoms with E-state index in [9.17, 15) is 4.79 Å². The number of hydrogen-bond acceptors (Lipinski definition) is 4. The molecule has 0 aliphatic heterocycles. The molecule has 1 aliphatic rings. The monoisotopic (exact) mass is 372 g/mol. The van der Waals surface area contributed by atoms with Gasteiger partial charge in [0.2, 0.25) is 0 Å². The molecule has 0 spiro atoms. The van der Waals surface area contributed by atoms with E-state index in [-0.39, 0.29) is 5.91 Å². The highest BCUT2D eigenvalue weighted by Crippen LogP contribution is 2.35. The van der Waals surface area contributed by atoms with Gasteiger partial charge >= 0.3 is 0 Å². The molecule has 4 rings (SSSR count). The molecule has 4 nitrogen and oxygen atoms in total. The van der Waals surface area contributed by atoms with Crippen LogP contribution in [0, 0.1) is 6.92 Å². The van der Waals surface area contributed by atoms with E-state index in [1.807, 2.05) is 28.5 Å². The number of thiophene rings is 1. The number of rotatable bonds is 5. The van der Waals surface area contributed by atoms with Gasteiger partial charge in [0.25, 0.3) is 5.91 Å². The van der Waals surface area contributed by atoms with Crippen LogP contribution < -0.4 is 0 Å². The molecule has 2 aromatic heterocycles. The van der Waals surface area contributed by atoms with Gasteiger partial charge in [-0.05, 0) is 48.2 Å². The fourth-order valence-electron chi connectivity index (χ4n) is 2.94. The second kappa shape index (κ2) is 6.65. The van der Waals surface area contributed by atoms with Crippen LogP contribution in [-0.2, 0) is 6.54 Å². The lowest BCUT2D eigenvalue weighted by Crippen LogP contribution is -2.33. The van der Waals surface area contributed by atoms with E-state index < -0.39 is 0 Å². The molecule has 6 heteroatoms. The number of carbonyl (C=O) groups excluding carboxylic acids is 1. The Morgan fingerprint density at radius 2 is 2.16 bits per heavy atom. The third kappa shape index (κ3) is 3.22. The number of nitrogens with zero attached hydrogens (tertiary/aromatic N) is 2. The van der Waals surface area contributed by atoms with Crippen molar-refractivity contribution in [3.05, 3.63) is 63.0 Å². The van der Waals surface area contributed by atoms with Gasteiger partial charge in [-0.25, -0.2) is 0 Å². The first-order valence-corrected chi connectivity index (χ1v) is 9.50. The first-order chi connectivity index (χ1) is 12.1. The molecule has 0 atom stereocenters. The molecule has 1 aliphatic carbocycles. The third-order valence-corrected chi connectivity index (χ3v) is 5.45. The standard InChI is InChI=1S/C19H17ClN2O2S/c1-12-17(18(21-24-12)15-4-2-3-5-16(15)20)19(23)22(14-6-7-14)10-13-8-9-25-11-13/h2-5,8-9,11,14H,6-7,10H2,1H3. The van der Waals surface area contributed by atoms with Crippen molar-refractivity contribution in [1.29, 1.82) is 0 Å². The second-order valence-corrected chi connectivity index (χ2v) is 7.43. The highest BCUT2D eigenvalue weighted by Gasteiger charge is 2.36. The highest BCUT2D eigenvalue weighted by molar-refractivity contribution is 7.07. The number of hydrogen-bond donors (Lipinski definition) is 0. The SMILES string of the molecule is Cc1onc(-c2ccccc2Cl)c1C(=O)N(Cc1ccsc1)C1CC1. The number of benzene rings is 1. The minimum atomic E-state index is -0.0395. The van der Waals surface area contributed by atoms with Crippen molar-refractivity contribution in [3.8, 4) is 11.3 Å². The molecule has 3 aromatic rings. The van der Waals surface area contributed by atoms with Crippen molar-refractivity contribution in [2.75, 3.05) is 0 Å². The maximum atomic E-state index is 13.3. The largest absolute Gasteiger partial charge is 0.360 e. The van der Waals surface area contributed by atoms with E-state index in [4.69, 9.17) is 16.1 Å². The topological polar surface area (TPSA) is 46.3 Å². The Hall–Kier alpha value is -2.11. The van der Waals surface area contributed by atoms with E-state index in [2.05, 4.69) is 16.6 Å². The molecule has 1 fully saturated rings. The van der Waals surface area contributed by atoms with Crippen LogP contribution in [0.25, 0.3) is 11.3 Å².